The Labute approximate surface area is 133 Å². The van der Waals surface area contributed by atoms with E-state index in [0.29, 0.717) is 18.2 Å². The van der Waals surface area contributed by atoms with E-state index >= 15 is 0 Å². The molecule has 0 atom stereocenters. The second-order valence-electron chi connectivity index (χ2n) is 5.54. The van der Waals surface area contributed by atoms with E-state index in [2.05, 4.69) is 25.5 Å². The number of carbonyl (C=O) groups is 1. The average molecular weight is 310 g/mol. The van der Waals surface area contributed by atoms with Crippen molar-refractivity contribution in [1.29, 1.82) is 0 Å². The number of nitrogens with zero attached hydrogens (tertiary/aromatic N) is 4. The third-order valence-corrected chi connectivity index (χ3v) is 3.48. The van der Waals surface area contributed by atoms with Gasteiger partial charge in [-0.1, -0.05) is 19.9 Å². The maximum Gasteiger partial charge on any atom is 0.272 e. The topological polar surface area (TPSA) is 88.5 Å². The van der Waals surface area contributed by atoms with Crippen molar-refractivity contribution < 1.29 is 4.79 Å². The summed E-state index contributed by atoms with van der Waals surface area (Å²) in [5.41, 5.74) is 2.26. The Kier molecular flexibility index (Phi) is 4.18. The highest BCUT2D eigenvalue weighted by atomic mass is 16.1. The van der Waals surface area contributed by atoms with Gasteiger partial charge in [0.15, 0.2) is 0 Å². The van der Waals surface area contributed by atoms with Gasteiger partial charge in [-0.05, 0) is 23.6 Å². The predicted molar refractivity (Wildman–Crippen MR) is 85.2 cm³/mol. The van der Waals surface area contributed by atoms with E-state index in [4.69, 9.17) is 0 Å². The molecule has 3 heterocycles. The lowest BCUT2D eigenvalue weighted by atomic mass is 10.1. The van der Waals surface area contributed by atoms with Gasteiger partial charge >= 0.3 is 0 Å². The Morgan fingerprint density at radius 2 is 2.26 bits per heavy atom. The minimum Gasteiger partial charge on any atom is -0.347 e. The summed E-state index contributed by atoms with van der Waals surface area (Å²) in [4.78, 5) is 20.4. The molecule has 3 rings (SSSR count). The number of carbonyl (C=O) groups excluding carboxylic acids is 1. The van der Waals surface area contributed by atoms with E-state index in [9.17, 15) is 4.79 Å². The lowest BCUT2D eigenvalue weighted by molar-refractivity contribution is 0.0946. The molecule has 0 fully saturated rings. The summed E-state index contributed by atoms with van der Waals surface area (Å²) in [5, 5.41) is 9.75. The standard InChI is InChI=1S/C16H18N6O/c1-11(2)13-7-14(21-20-13)16(23)19-9-12-3-4-15(18-8-12)22-6-5-17-10-22/h3-8,10-11H,9H2,1-2H3,(H,19,23)(H,20,21). The number of amides is 1. The second kappa shape index (κ2) is 6.43. The molecule has 0 aliphatic carbocycles. The Balaban J connectivity index is 1.60. The average Bonchev–Trinajstić information content (AvgIpc) is 3.24. The molecule has 0 saturated heterocycles. The fraction of sp³-hybridized carbons (Fsp3) is 0.250. The number of rotatable bonds is 5. The second-order valence-corrected chi connectivity index (χ2v) is 5.54. The van der Waals surface area contributed by atoms with Crippen LogP contribution in [0.25, 0.3) is 5.82 Å². The van der Waals surface area contributed by atoms with Gasteiger partial charge in [-0.25, -0.2) is 9.97 Å². The lowest BCUT2D eigenvalue weighted by Gasteiger charge is -2.05. The largest absolute Gasteiger partial charge is 0.347 e. The fourth-order valence-corrected chi connectivity index (χ4v) is 2.09. The van der Waals surface area contributed by atoms with Crippen LogP contribution in [0.1, 0.15) is 41.5 Å². The molecule has 0 unspecified atom stereocenters. The predicted octanol–water partition coefficient (Wildman–Crippen LogP) is 2.04. The van der Waals surface area contributed by atoms with Crippen molar-refractivity contribution >= 4 is 5.91 Å². The molecule has 7 heteroatoms. The SMILES string of the molecule is CC(C)c1cc(C(=O)NCc2ccc(-n3ccnc3)nc2)n[nH]1. The number of aromatic nitrogens is 5. The van der Waals surface area contributed by atoms with Crippen molar-refractivity contribution in [1.82, 2.24) is 30.0 Å². The molecule has 0 radical (unpaired) electrons. The summed E-state index contributed by atoms with van der Waals surface area (Å²) in [5.74, 6) is 0.891. The highest BCUT2D eigenvalue weighted by molar-refractivity contribution is 5.92. The fourth-order valence-electron chi connectivity index (χ4n) is 2.09. The first-order valence-corrected chi connectivity index (χ1v) is 7.40. The molecule has 1 amide bonds. The van der Waals surface area contributed by atoms with Gasteiger partial charge in [0.2, 0.25) is 0 Å². The van der Waals surface area contributed by atoms with Crippen LogP contribution in [-0.2, 0) is 6.54 Å². The van der Waals surface area contributed by atoms with Gasteiger partial charge in [-0.3, -0.25) is 14.5 Å². The summed E-state index contributed by atoms with van der Waals surface area (Å²) in [6.07, 6.45) is 6.95. The number of hydrogen-bond acceptors (Lipinski definition) is 4. The van der Waals surface area contributed by atoms with Crippen LogP contribution < -0.4 is 5.32 Å². The highest BCUT2D eigenvalue weighted by Gasteiger charge is 2.11. The number of nitrogens with one attached hydrogen (secondary N) is 2. The zero-order valence-corrected chi connectivity index (χ0v) is 13.0. The Bertz CT molecular complexity index is 773. The van der Waals surface area contributed by atoms with Gasteiger partial charge in [0.25, 0.3) is 5.91 Å². The number of aromatic amines is 1. The van der Waals surface area contributed by atoms with Gasteiger partial charge in [0, 0.05) is 30.8 Å². The van der Waals surface area contributed by atoms with Crippen molar-refractivity contribution in [3.05, 3.63) is 60.1 Å². The van der Waals surface area contributed by atoms with Gasteiger partial charge in [0.05, 0.1) is 0 Å². The highest BCUT2D eigenvalue weighted by Crippen LogP contribution is 2.12. The zero-order valence-electron chi connectivity index (χ0n) is 13.0. The molecule has 2 N–H and O–H groups in total. The summed E-state index contributed by atoms with van der Waals surface area (Å²) in [6.45, 7) is 4.49. The molecule has 3 aromatic heterocycles. The maximum absolute atomic E-state index is 12.1. The molecule has 23 heavy (non-hydrogen) atoms. The van der Waals surface area contributed by atoms with E-state index in [1.54, 1.807) is 24.8 Å². The van der Waals surface area contributed by atoms with Gasteiger partial charge < -0.3 is 5.32 Å². The monoisotopic (exact) mass is 310 g/mol. The molecule has 118 valence electrons. The minimum absolute atomic E-state index is 0.202. The molecule has 0 spiro atoms. The van der Waals surface area contributed by atoms with Gasteiger partial charge in [0.1, 0.15) is 17.8 Å². The molecular formula is C16H18N6O. The van der Waals surface area contributed by atoms with E-state index in [-0.39, 0.29) is 5.91 Å². The smallest absolute Gasteiger partial charge is 0.272 e. The molecule has 3 aromatic rings. The van der Waals surface area contributed by atoms with Crippen molar-refractivity contribution in [2.24, 2.45) is 0 Å². The van der Waals surface area contributed by atoms with E-state index in [0.717, 1.165) is 17.1 Å². The molecule has 0 aliphatic heterocycles. The van der Waals surface area contributed by atoms with Crippen LogP contribution in [0, 0.1) is 0 Å². The third-order valence-electron chi connectivity index (χ3n) is 3.48. The van der Waals surface area contributed by atoms with Crippen LogP contribution >= 0.6 is 0 Å². The summed E-state index contributed by atoms with van der Waals surface area (Å²) < 4.78 is 1.82. The van der Waals surface area contributed by atoms with Gasteiger partial charge in [-0.2, -0.15) is 5.10 Å². The quantitative estimate of drug-likeness (QED) is 0.755. The maximum atomic E-state index is 12.1. The first kappa shape index (κ1) is 15.0. The van der Waals surface area contributed by atoms with Crippen LogP contribution in [-0.4, -0.2) is 30.6 Å². The van der Waals surface area contributed by atoms with E-state index < -0.39 is 0 Å². The van der Waals surface area contributed by atoms with Gasteiger partial charge in [-0.15, -0.1) is 0 Å². The third kappa shape index (κ3) is 3.45. The number of H-pyrrole nitrogens is 1. The van der Waals surface area contributed by atoms with Crippen LogP contribution in [0.5, 0.6) is 0 Å². The zero-order chi connectivity index (χ0) is 16.2. The molecule has 7 nitrogen and oxygen atoms in total. The normalized spacial score (nSPS) is 10.9. The first-order valence-electron chi connectivity index (χ1n) is 7.40. The van der Waals surface area contributed by atoms with Crippen molar-refractivity contribution in [3.8, 4) is 5.82 Å². The van der Waals surface area contributed by atoms with Crippen LogP contribution in [0.3, 0.4) is 0 Å². The number of hydrogen-bond donors (Lipinski definition) is 2. The molecule has 0 aromatic carbocycles. The molecular weight excluding hydrogens is 292 g/mol. The number of pyridine rings is 1. The Morgan fingerprint density at radius 1 is 1.39 bits per heavy atom. The number of imidazole rings is 1. The molecule has 0 aliphatic rings. The van der Waals surface area contributed by atoms with Crippen LogP contribution in [0.15, 0.2) is 43.1 Å². The van der Waals surface area contributed by atoms with Crippen LogP contribution in [0.4, 0.5) is 0 Å². The van der Waals surface area contributed by atoms with E-state index in [1.165, 1.54) is 0 Å². The summed E-state index contributed by atoms with van der Waals surface area (Å²) in [7, 11) is 0. The molecule has 0 saturated carbocycles. The van der Waals surface area contributed by atoms with Crippen LogP contribution in [0.2, 0.25) is 0 Å². The van der Waals surface area contributed by atoms with Crippen molar-refractivity contribution in [2.75, 3.05) is 0 Å². The molecule has 0 bridgehead atoms. The minimum atomic E-state index is -0.202. The van der Waals surface area contributed by atoms with Crippen molar-refractivity contribution in [2.45, 2.75) is 26.3 Å². The summed E-state index contributed by atoms with van der Waals surface area (Å²) >= 11 is 0. The first-order chi connectivity index (χ1) is 11.1. The summed E-state index contributed by atoms with van der Waals surface area (Å²) in [6, 6.07) is 5.59. The lowest BCUT2D eigenvalue weighted by Crippen LogP contribution is -2.23. The Hall–Kier alpha value is -2.96. The van der Waals surface area contributed by atoms with Crippen molar-refractivity contribution in [3.63, 3.8) is 0 Å². The Morgan fingerprint density at radius 3 is 2.87 bits per heavy atom. The van der Waals surface area contributed by atoms with E-state index in [1.807, 2.05) is 36.7 Å².